The topological polar surface area (TPSA) is 52.6 Å². The molecule has 0 saturated heterocycles. The number of aryl methyl sites for hydroxylation is 1. The largest absolute Gasteiger partial charge is 0.478 e. The van der Waals surface area contributed by atoms with Gasteiger partial charge in [0, 0.05) is 24.0 Å². The van der Waals surface area contributed by atoms with Crippen molar-refractivity contribution in [3.05, 3.63) is 107 Å². The summed E-state index contributed by atoms with van der Waals surface area (Å²) in [6.07, 6.45) is 2.09. The third kappa shape index (κ3) is 4.80. The van der Waals surface area contributed by atoms with E-state index >= 15 is 0 Å². The van der Waals surface area contributed by atoms with E-state index in [9.17, 15) is 9.90 Å². The highest BCUT2D eigenvalue weighted by Gasteiger charge is 2.26. The summed E-state index contributed by atoms with van der Waals surface area (Å²) in [5.74, 6) is -0.399. The number of carboxylic acid groups (broad SMARTS) is 1. The van der Waals surface area contributed by atoms with E-state index in [-0.39, 0.29) is 6.04 Å². The lowest BCUT2D eigenvalue weighted by molar-refractivity contribution is 0.0696. The van der Waals surface area contributed by atoms with Gasteiger partial charge in [0.05, 0.1) is 5.56 Å². The minimum atomic E-state index is -0.877. The molecule has 1 aliphatic heterocycles. The number of aromatic carboxylic acids is 1. The summed E-state index contributed by atoms with van der Waals surface area (Å²) in [6, 6.07) is 29.6. The fraction of sp³-hybridized carbons (Fsp3) is 0.258. The molecule has 4 aromatic carbocycles. The van der Waals surface area contributed by atoms with Crippen LogP contribution in [0.15, 0.2) is 84.9 Å². The first-order valence-corrected chi connectivity index (χ1v) is 12.4. The molecule has 1 heterocycles. The van der Waals surface area contributed by atoms with E-state index in [1.165, 1.54) is 27.6 Å². The summed E-state index contributed by atoms with van der Waals surface area (Å²) in [6.45, 7) is 5.90. The van der Waals surface area contributed by atoms with Crippen molar-refractivity contribution >= 4 is 28.1 Å². The van der Waals surface area contributed by atoms with Crippen LogP contribution in [0.3, 0.4) is 0 Å². The van der Waals surface area contributed by atoms with Gasteiger partial charge in [-0.25, -0.2) is 4.79 Å². The molecule has 4 nitrogen and oxygen atoms in total. The Morgan fingerprint density at radius 3 is 2.66 bits per heavy atom. The van der Waals surface area contributed by atoms with Gasteiger partial charge in [-0.2, -0.15) is 0 Å². The number of carboxylic acids is 1. The van der Waals surface area contributed by atoms with Crippen molar-refractivity contribution in [2.45, 2.75) is 32.7 Å². The number of hydrogen-bond donors (Lipinski definition) is 2. The third-order valence-corrected chi connectivity index (χ3v) is 7.29. The minimum absolute atomic E-state index is 0.267. The maximum absolute atomic E-state index is 11.7. The quantitative estimate of drug-likeness (QED) is 0.312. The van der Waals surface area contributed by atoms with E-state index in [1.54, 1.807) is 0 Å². The van der Waals surface area contributed by atoms with Crippen LogP contribution in [0, 0.1) is 12.8 Å². The van der Waals surface area contributed by atoms with Crippen molar-refractivity contribution in [1.82, 2.24) is 5.32 Å². The van der Waals surface area contributed by atoms with Gasteiger partial charge in [-0.15, -0.1) is 0 Å². The zero-order valence-corrected chi connectivity index (χ0v) is 20.4. The van der Waals surface area contributed by atoms with Crippen LogP contribution in [0.4, 0.5) is 11.4 Å². The molecule has 0 radical (unpaired) electrons. The van der Waals surface area contributed by atoms with Crippen LogP contribution in [-0.2, 0) is 6.42 Å². The maximum Gasteiger partial charge on any atom is 0.336 e. The molecule has 0 bridgehead atoms. The molecule has 4 heteroatoms. The van der Waals surface area contributed by atoms with E-state index in [4.69, 9.17) is 0 Å². The van der Waals surface area contributed by atoms with Crippen molar-refractivity contribution in [1.29, 1.82) is 0 Å². The number of rotatable bonds is 7. The fourth-order valence-corrected chi connectivity index (χ4v) is 5.37. The molecule has 0 fully saturated rings. The van der Waals surface area contributed by atoms with Gasteiger partial charge in [0.25, 0.3) is 0 Å². The maximum atomic E-state index is 11.7. The van der Waals surface area contributed by atoms with E-state index in [1.807, 2.05) is 25.1 Å². The van der Waals surface area contributed by atoms with Crippen LogP contribution in [0.25, 0.3) is 10.8 Å². The zero-order chi connectivity index (χ0) is 24.4. The molecule has 178 valence electrons. The van der Waals surface area contributed by atoms with Crippen molar-refractivity contribution in [3.8, 4) is 0 Å². The average Bonchev–Trinajstić information content (AvgIpc) is 2.88. The number of fused-ring (bicyclic) bond motifs is 2. The van der Waals surface area contributed by atoms with Gasteiger partial charge in [-0.3, -0.25) is 0 Å². The molecule has 2 N–H and O–H groups in total. The molecule has 4 aromatic rings. The van der Waals surface area contributed by atoms with Crippen molar-refractivity contribution < 1.29 is 9.90 Å². The molecule has 2 atom stereocenters. The first-order valence-electron chi connectivity index (χ1n) is 12.4. The standard InChI is InChI=1S/C31H32N2O2/c1-21-14-15-26(19-29(21)31(34)35)33-20-23(18-25-9-4-6-13-30(25)33)16-17-32-22(2)27-12-7-10-24-8-3-5-11-28(24)27/h3-15,19,22-23,32H,16-18,20H2,1-2H3,(H,34,35)/t22-,23?/m1/s1. The lowest BCUT2D eigenvalue weighted by Crippen LogP contribution is -2.34. The first-order chi connectivity index (χ1) is 17.0. The lowest BCUT2D eigenvalue weighted by atomic mass is 9.89. The van der Waals surface area contributed by atoms with Crippen LogP contribution in [0.2, 0.25) is 0 Å². The Kier molecular flexibility index (Phi) is 6.56. The number of hydrogen-bond acceptors (Lipinski definition) is 3. The summed E-state index contributed by atoms with van der Waals surface area (Å²) in [7, 11) is 0. The molecule has 0 amide bonds. The molecular weight excluding hydrogens is 432 g/mol. The number of carbonyl (C=O) groups is 1. The highest BCUT2D eigenvalue weighted by Crippen LogP contribution is 2.37. The second-order valence-electron chi connectivity index (χ2n) is 9.65. The monoisotopic (exact) mass is 464 g/mol. The van der Waals surface area contributed by atoms with E-state index in [0.29, 0.717) is 11.5 Å². The van der Waals surface area contributed by atoms with Crippen LogP contribution >= 0.6 is 0 Å². The van der Waals surface area contributed by atoms with Crippen molar-refractivity contribution in [2.75, 3.05) is 18.0 Å². The molecule has 1 unspecified atom stereocenters. The van der Waals surface area contributed by atoms with Crippen molar-refractivity contribution in [3.63, 3.8) is 0 Å². The Bertz CT molecular complexity index is 1360. The Hall–Kier alpha value is -3.63. The average molecular weight is 465 g/mol. The van der Waals surface area contributed by atoms with Gasteiger partial charge in [0.15, 0.2) is 0 Å². The molecule has 5 rings (SSSR count). The molecule has 0 aromatic heterocycles. The first kappa shape index (κ1) is 23.1. The van der Waals surface area contributed by atoms with Gasteiger partial charge in [-0.1, -0.05) is 66.7 Å². The smallest absolute Gasteiger partial charge is 0.336 e. The fourth-order valence-electron chi connectivity index (χ4n) is 5.37. The third-order valence-electron chi connectivity index (χ3n) is 7.29. The number of anilines is 2. The van der Waals surface area contributed by atoms with Gasteiger partial charge in [0.2, 0.25) is 0 Å². The summed E-state index contributed by atoms with van der Waals surface area (Å²) >= 11 is 0. The summed E-state index contributed by atoms with van der Waals surface area (Å²) in [4.78, 5) is 14.0. The SMILES string of the molecule is Cc1ccc(N2CC(CCN[C@H](C)c3cccc4ccccc34)Cc3ccccc32)cc1C(=O)O. The predicted octanol–water partition coefficient (Wildman–Crippen LogP) is 6.90. The zero-order valence-electron chi connectivity index (χ0n) is 20.4. The molecule has 35 heavy (non-hydrogen) atoms. The van der Waals surface area contributed by atoms with Crippen molar-refractivity contribution in [2.24, 2.45) is 5.92 Å². The van der Waals surface area contributed by atoms with Crippen LogP contribution < -0.4 is 10.2 Å². The normalized spacial score (nSPS) is 16.2. The Labute approximate surface area is 207 Å². The highest BCUT2D eigenvalue weighted by atomic mass is 16.4. The van der Waals surface area contributed by atoms with Gasteiger partial charge >= 0.3 is 5.97 Å². The lowest BCUT2D eigenvalue weighted by Gasteiger charge is -2.36. The number of benzene rings is 4. The molecule has 0 aliphatic carbocycles. The Morgan fingerprint density at radius 1 is 1.03 bits per heavy atom. The van der Waals surface area contributed by atoms with E-state index in [2.05, 4.69) is 83.9 Å². The Morgan fingerprint density at radius 2 is 1.80 bits per heavy atom. The molecule has 0 saturated carbocycles. The number of para-hydroxylation sites is 1. The second kappa shape index (κ2) is 9.93. The van der Waals surface area contributed by atoms with E-state index < -0.39 is 5.97 Å². The molecular formula is C31H32N2O2. The number of nitrogens with zero attached hydrogens (tertiary/aromatic N) is 1. The molecule has 1 aliphatic rings. The van der Waals surface area contributed by atoms with Crippen LogP contribution in [0.5, 0.6) is 0 Å². The molecule has 0 spiro atoms. The number of nitrogens with one attached hydrogen (secondary N) is 1. The van der Waals surface area contributed by atoms with Gasteiger partial charge in [-0.05, 0) is 84.8 Å². The van der Waals surface area contributed by atoms with Gasteiger partial charge < -0.3 is 15.3 Å². The summed E-state index contributed by atoms with van der Waals surface area (Å²) in [5, 5.41) is 16.0. The predicted molar refractivity (Wildman–Crippen MR) is 144 cm³/mol. The second-order valence-corrected chi connectivity index (χ2v) is 9.65. The van der Waals surface area contributed by atoms with E-state index in [0.717, 1.165) is 37.2 Å². The summed E-state index contributed by atoms with van der Waals surface area (Å²) < 4.78 is 0. The summed E-state index contributed by atoms with van der Waals surface area (Å²) in [5.41, 5.74) is 5.94. The van der Waals surface area contributed by atoms with Gasteiger partial charge in [0.1, 0.15) is 0 Å². The minimum Gasteiger partial charge on any atom is -0.478 e. The van der Waals surface area contributed by atoms with Crippen LogP contribution in [0.1, 0.15) is 46.4 Å². The highest BCUT2D eigenvalue weighted by molar-refractivity contribution is 5.91. The van der Waals surface area contributed by atoms with Crippen LogP contribution in [-0.4, -0.2) is 24.2 Å². The Balaban J connectivity index is 1.31.